The van der Waals surface area contributed by atoms with Crippen LogP contribution >= 0.6 is 0 Å². The van der Waals surface area contributed by atoms with E-state index < -0.39 is 10.8 Å². The van der Waals surface area contributed by atoms with E-state index in [-0.39, 0.29) is 13.4 Å². The maximum atomic E-state index is 6.69. The van der Waals surface area contributed by atoms with E-state index >= 15 is 0 Å². The summed E-state index contributed by atoms with van der Waals surface area (Å²) in [5, 5.41) is 0. The predicted octanol–water partition coefficient (Wildman–Crippen LogP) is 18.7. The SMILES string of the molecule is Cc1c2c(c(C)c3c1B1c4ccccc4N(c4ccccc4)c4c1c(cc1c4C(C)(C)c4cc(Oc5ccccc5)ccc4-1)N3c1ccccc1)N(c1ccccc1)c1cc3c(c4c1B2c1ccccc1N4c1ccccc1)C(C)(C)c1cc(Oc2ccccc2)ccc1-3. The van der Waals surface area contributed by atoms with E-state index in [0.717, 1.165) is 45.7 Å². The molecule has 13 aromatic carbocycles. The predicted molar refractivity (Wildman–Crippen MR) is 392 cm³/mol. The highest BCUT2D eigenvalue weighted by Crippen LogP contribution is 2.62. The van der Waals surface area contributed by atoms with Gasteiger partial charge in [-0.15, -0.1) is 0 Å². The first-order valence-corrected chi connectivity index (χ1v) is 33.0. The van der Waals surface area contributed by atoms with Crippen LogP contribution in [-0.4, -0.2) is 13.4 Å². The Bertz CT molecular complexity index is 4990. The molecule has 0 radical (unpaired) electrons. The van der Waals surface area contributed by atoms with E-state index in [0.29, 0.717) is 0 Å². The highest BCUT2D eigenvalue weighted by atomic mass is 16.5. The summed E-state index contributed by atoms with van der Waals surface area (Å²) < 4.78 is 13.4. The number of rotatable bonds is 8. The van der Waals surface area contributed by atoms with Crippen LogP contribution in [0.5, 0.6) is 23.0 Å². The van der Waals surface area contributed by atoms with Crippen LogP contribution in [0, 0.1) is 13.8 Å². The molecule has 6 aliphatic rings. The Morgan fingerprint density at radius 1 is 0.277 bits per heavy atom. The van der Waals surface area contributed by atoms with Crippen LogP contribution in [0.1, 0.15) is 61.1 Å². The number of anilines is 12. The number of hydrogen-bond acceptors (Lipinski definition) is 6. The lowest BCUT2D eigenvalue weighted by Crippen LogP contribution is -2.67. The molecule has 19 rings (SSSR count). The molecular weight excluding hydrogens is 1140 g/mol. The molecule has 446 valence electrons. The van der Waals surface area contributed by atoms with Crippen LogP contribution in [-0.2, 0) is 10.8 Å². The van der Waals surface area contributed by atoms with E-state index in [1.165, 1.54) is 134 Å². The highest BCUT2D eigenvalue weighted by molar-refractivity contribution is 7.04. The lowest BCUT2D eigenvalue weighted by molar-refractivity contribution is 0.480. The van der Waals surface area contributed by atoms with Gasteiger partial charge < -0.3 is 29.1 Å². The number of ether oxygens (including phenoxy) is 2. The van der Waals surface area contributed by atoms with Gasteiger partial charge in [0.25, 0.3) is 13.4 Å². The molecule has 6 nitrogen and oxygen atoms in total. The zero-order valence-electron chi connectivity index (χ0n) is 53.3. The fraction of sp³-hybridized carbons (Fsp3) is 0.0930. The summed E-state index contributed by atoms with van der Waals surface area (Å²) in [5.41, 5.74) is 33.7. The topological polar surface area (TPSA) is 31.4 Å². The second-order valence-electron chi connectivity index (χ2n) is 27.1. The van der Waals surface area contributed by atoms with Crippen molar-refractivity contribution in [2.75, 3.05) is 19.6 Å². The average Bonchev–Trinajstić information content (AvgIpc) is 1.12. The summed E-state index contributed by atoms with van der Waals surface area (Å²) in [7, 11) is 0. The van der Waals surface area contributed by atoms with Crippen molar-refractivity contribution in [1.29, 1.82) is 0 Å². The van der Waals surface area contributed by atoms with Crippen LogP contribution in [0.4, 0.5) is 68.2 Å². The van der Waals surface area contributed by atoms with Gasteiger partial charge in [0.05, 0.1) is 0 Å². The third-order valence-electron chi connectivity index (χ3n) is 21.3. The number of fused-ring (bicyclic) bond motifs is 16. The molecule has 8 heteroatoms. The van der Waals surface area contributed by atoms with Crippen LogP contribution in [0.15, 0.2) is 279 Å². The van der Waals surface area contributed by atoms with Crippen molar-refractivity contribution in [1.82, 2.24) is 0 Å². The first-order valence-electron chi connectivity index (χ1n) is 33.0. The number of nitrogens with zero attached hydrogens (tertiary/aromatic N) is 4. The van der Waals surface area contributed by atoms with Gasteiger partial charge in [-0.05, 0) is 218 Å². The summed E-state index contributed by atoms with van der Waals surface area (Å²) in [6.07, 6.45) is 0. The second-order valence-corrected chi connectivity index (χ2v) is 27.1. The average molecular weight is 1210 g/mol. The standard InChI is InChI=1S/C86H64B2N4O2/c1-53-77-81(91(57-33-17-9-18-34-57)73-51-65-63-47-45-61(93-59-37-21-11-22-38-59)49-67(63)85(3,4)75(65)83-79(73)87(77)69-41-25-27-43-71(69)89(83)55-29-13-7-14-30-55)54(2)82-78(53)88-70-42-26-28-44-72(70)90(56-31-15-8-16-32-56)84-76-66(52-74(80(84)88)92(82)58-35-19-10-20-36-58)64-48-46-62(50-68(64)86(76,5)6)94-60-39-23-12-24-40-60/h7-52H,1-6H3. The third-order valence-corrected chi connectivity index (χ3v) is 21.3. The maximum Gasteiger partial charge on any atom is 0.252 e. The van der Waals surface area contributed by atoms with Gasteiger partial charge in [0.15, 0.2) is 0 Å². The molecule has 4 heterocycles. The molecule has 0 atom stereocenters. The van der Waals surface area contributed by atoms with Crippen LogP contribution in [0.2, 0.25) is 0 Å². The Morgan fingerprint density at radius 2 is 0.596 bits per heavy atom. The Balaban J connectivity index is 0.937. The molecule has 13 aromatic rings. The normalized spacial score (nSPS) is 14.7. The summed E-state index contributed by atoms with van der Waals surface area (Å²) >= 11 is 0. The minimum atomic E-state index is -0.454. The first-order chi connectivity index (χ1) is 46.0. The summed E-state index contributed by atoms with van der Waals surface area (Å²) in [4.78, 5) is 10.5. The van der Waals surface area contributed by atoms with Crippen molar-refractivity contribution in [2.24, 2.45) is 0 Å². The van der Waals surface area contributed by atoms with E-state index in [4.69, 9.17) is 9.47 Å². The lowest BCUT2D eigenvalue weighted by atomic mass is 9.28. The molecule has 0 saturated heterocycles. The van der Waals surface area contributed by atoms with Gasteiger partial charge in [0.1, 0.15) is 23.0 Å². The van der Waals surface area contributed by atoms with Crippen molar-refractivity contribution < 1.29 is 9.47 Å². The van der Waals surface area contributed by atoms with Gasteiger partial charge in [-0.2, -0.15) is 0 Å². The number of benzene rings is 13. The van der Waals surface area contributed by atoms with E-state index in [2.05, 4.69) is 280 Å². The second kappa shape index (κ2) is 20.1. The molecule has 0 bridgehead atoms. The van der Waals surface area contributed by atoms with E-state index in [9.17, 15) is 0 Å². The Hall–Kier alpha value is -11.2. The molecule has 0 N–H and O–H groups in total. The molecule has 94 heavy (non-hydrogen) atoms. The van der Waals surface area contributed by atoms with Gasteiger partial charge in [-0.25, -0.2) is 0 Å². The van der Waals surface area contributed by atoms with Crippen molar-refractivity contribution in [3.8, 4) is 45.3 Å². The molecule has 2 aliphatic carbocycles. The summed E-state index contributed by atoms with van der Waals surface area (Å²) in [6, 6.07) is 102. The largest absolute Gasteiger partial charge is 0.457 e. The monoisotopic (exact) mass is 1210 g/mol. The zero-order valence-corrected chi connectivity index (χ0v) is 53.3. The molecule has 0 fully saturated rings. The number of hydrogen-bond donors (Lipinski definition) is 0. The van der Waals surface area contributed by atoms with E-state index in [1.54, 1.807) is 0 Å². The van der Waals surface area contributed by atoms with Gasteiger partial charge in [-0.1, -0.05) is 191 Å². The Labute approximate surface area is 550 Å². The van der Waals surface area contributed by atoms with Crippen molar-refractivity contribution in [3.05, 3.63) is 312 Å². The molecule has 0 unspecified atom stereocenters. The van der Waals surface area contributed by atoms with Crippen molar-refractivity contribution in [2.45, 2.75) is 52.4 Å². The molecule has 4 aliphatic heterocycles. The Morgan fingerprint density at radius 3 is 0.957 bits per heavy atom. The molecule has 0 saturated carbocycles. The number of para-hydroxylation sites is 8. The van der Waals surface area contributed by atoms with E-state index in [1.807, 2.05) is 60.7 Å². The highest BCUT2D eigenvalue weighted by Gasteiger charge is 2.55. The van der Waals surface area contributed by atoms with Crippen LogP contribution in [0.3, 0.4) is 0 Å². The quantitative estimate of drug-likeness (QED) is 0.141. The lowest BCUT2D eigenvalue weighted by Gasteiger charge is -2.50. The molecule has 0 aromatic heterocycles. The Kier molecular flexibility index (Phi) is 11.7. The van der Waals surface area contributed by atoms with Gasteiger partial charge in [0.2, 0.25) is 0 Å². The van der Waals surface area contributed by atoms with Gasteiger partial charge in [0, 0.05) is 79.1 Å². The third kappa shape index (κ3) is 7.56. The summed E-state index contributed by atoms with van der Waals surface area (Å²) in [5.74, 6) is 3.29. The molecular formula is C86H64B2N4O2. The fourth-order valence-electron chi connectivity index (χ4n) is 17.6. The smallest absolute Gasteiger partial charge is 0.252 e. The zero-order chi connectivity index (χ0) is 62.9. The fourth-order valence-corrected chi connectivity index (χ4v) is 17.6. The molecule has 0 spiro atoms. The first kappa shape index (κ1) is 54.5. The van der Waals surface area contributed by atoms with Crippen molar-refractivity contribution in [3.63, 3.8) is 0 Å². The van der Waals surface area contributed by atoms with Crippen LogP contribution in [0.25, 0.3) is 22.3 Å². The van der Waals surface area contributed by atoms with Crippen molar-refractivity contribution >= 4 is 114 Å². The molecule has 0 amide bonds. The minimum Gasteiger partial charge on any atom is -0.457 e. The van der Waals surface area contributed by atoms with Gasteiger partial charge in [-0.3, -0.25) is 0 Å². The summed E-state index contributed by atoms with van der Waals surface area (Å²) in [6.45, 7) is 14.3. The maximum absolute atomic E-state index is 6.69. The minimum absolute atomic E-state index is 0.173. The van der Waals surface area contributed by atoms with Crippen LogP contribution < -0.4 is 61.9 Å². The van der Waals surface area contributed by atoms with Gasteiger partial charge >= 0.3 is 0 Å².